The normalized spacial score (nSPS) is 11.4. The largest absolute Gasteiger partial charge is 0.494 e. The van der Waals surface area contributed by atoms with Crippen LogP contribution in [0.3, 0.4) is 0 Å². The molecule has 0 aliphatic carbocycles. The summed E-state index contributed by atoms with van der Waals surface area (Å²) in [6.45, 7) is 6.39. The lowest BCUT2D eigenvalue weighted by Gasteiger charge is -2.12. The maximum Gasteiger partial charge on any atom is 0.190 e. The summed E-state index contributed by atoms with van der Waals surface area (Å²) in [6.07, 6.45) is 1.84. The number of benzene rings is 1. The standard InChI is InChI=1S/C18H31N3O3/c1-16-6-8-17(9-7-16)24-13-5-11-21-18(19-2)20-10-4-12-23-15-14-22-3/h6-9H,4-5,10-15H2,1-3H3,(H2,19,20,21). The van der Waals surface area contributed by atoms with Crippen LogP contribution in [0.4, 0.5) is 0 Å². The average molecular weight is 337 g/mol. The van der Waals surface area contributed by atoms with Gasteiger partial charge in [-0.25, -0.2) is 0 Å². The first-order valence-electron chi connectivity index (χ1n) is 8.47. The number of guanidine groups is 1. The minimum absolute atomic E-state index is 0.640. The molecule has 1 aromatic carbocycles. The van der Waals surface area contributed by atoms with Crippen molar-refractivity contribution in [2.75, 3.05) is 53.7 Å². The van der Waals surface area contributed by atoms with Crippen molar-refractivity contribution in [2.45, 2.75) is 19.8 Å². The van der Waals surface area contributed by atoms with Gasteiger partial charge in [-0.15, -0.1) is 0 Å². The van der Waals surface area contributed by atoms with Crippen molar-refractivity contribution in [3.63, 3.8) is 0 Å². The van der Waals surface area contributed by atoms with Crippen LogP contribution in [0.2, 0.25) is 0 Å². The first-order chi connectivity index (χ1) is 11.8. The first-order valence-corrected chi connectivity index (χ1v) is 8.47. The second kappa shape index (κ2) is 13.6. The lowest BCUT2D eigenvalue weighted by Crippen LogP contribution is -2.38. The van der Waals surface area contributed by atoms with Crippen molar-refractivity contribution < 1.29 is 14.2 Å². The van der Waals surface area contributed by atoms with Gasteiger partial charge in [0, 0.05) is 33.9 Å². The first kappa shape index (κ1) is 20.3. The number of hydrogen-bond acceptors (Lipinski definition) is 4. The van der Waals surface area contributed by atoms with Gasteiger partial charge in [-0.1, -0.05) is 17.7 Å². The Hall–Kier alpha value is -1.79. The number of rotatable bonds is 12. The van der Waals surface area contributed by atoms with Crippen LogP contribution in [-0.4, -0.2) is 59.6 Å². The Kier molecular flexibility index (Phi) is 11.5. The van der Waals surface area contributed by atoms with E-state index < -0.39 is 0 Å². The molecule has 0 atom stereocenters. The molecule has 2 N–H and O–H groups in total. The average Bonchev–Trinajstić information content (AvgIpc) is 2.60. The van der Waals surface area contributed by atoms with Gasteiger partial charge in [0.05, 0.1) is 19.8 Å². The van der Waals surface area contributed by atoms with Crippen LogP contribution in [0.25, 0.3) is 0 Å². The quantitative estimate of drug-likeness (QED) is 0.347. The predicted octanol–water partition coefficient (Wildman–Crippen LogP) is 1.98. The van der Waals surface area contributed by atoms with Crippen molar-refractivity contribution in [2.24, 2.45) is 4.99 Å². The molecule has 0 spiro atoms. The van der Waals surface area contributed by atoms with Crippen molar-refractivity contribution in [3.05, 3.63) is 29.8 Å². The smallest absolute Gasteiger partial charge is 0.190 e. The third kappa shape index (κ3) is 10.1. The minimum atomic E-state index is 0.640. The highest BCUT2D eigenvalue weighted by Crippen LogP contribution is 2.11. The summed E-state index contributed by atoms with van der Waals surface area (Å²) < 4.78 is 16.0. The molecule has 0 aliphatic rings. The van der Waals surface area contributed by atoms with E-state index in [1.165, 1.54) is 5.56 Å². The number of methoxy groups -OCH3 is 1. The highest BCUT2D eigenvalue weighted by atomic mass is 16.5. The van der Waals surface area contributed by atoms with Gasteiger partial charge in [0.1, 0.15) is 5.75 Å². The Balaban J connectivity index is 2.00. The minimum Gasteiger partial charge on any atom is -0.494 e. The number of ether oxygens (including phenoxy) is 3. The van der Waals surface area contributed by atoms with Gasteiger partial charge in [-0.2, -0.15) is 0 Å². The van der Waals surface area contributed by atoms with E-state index in [0.717, 1.165) is 44.2 Å². The van der Waals surface area contributed by atoms with Gasteiger partial charge >= 0.3 is 0 Å². The lowest BCUT2D eigenvalue weighted by molar-refractivity contribution is 0.0698. The number of nitrogens with one attached hydrogen (secondary N) is 2. The third-order valence-electron chi connectivity index (χ3n) is 3.32. The molecule has 136 valence electrons. The van der Waals surface area contributed by atoms with Gasteiger partial charge in [-0.05, 0) is 31.9 Å². The summed E-state index contributed by atoms with van der Waals surface area (Å²) >= 11 is 0. The molecule has 0 unspecified atom stereocenters. The molecule has 1 rings (SSSR count). The molecule has 0 aliphatic heterocycles. The molecule has 1 aromatic rings. The van der Waals surface area contributed by atoms with E-state index >= 15 is 0 Å². The van der Waals surface area contributed by atoms with E-state index in [1.807, 2.05) is 12.1 Å². The molecule has 0 aromatic heterocycles. The fraction of sp³-hybridized carbons (Fsp3) is 0.611. The van der Waals surface area contributed by atoms with Crippen molar-refractivity contribution >= 4 is 5.96 Å². The van der Waals surface area contributed by atoms with Crippen molar-refractivity contribution in [3.8, 4) is 5.75 Å². The summed E-state index contributed by atoms with van der Waals surface area (Å²) in [7, 11) is 3.44. The second-order valence-corrected chi connectivity index (χ2v) is 5.40. The fourth-order valence-corrected chi connectivity index (χ4v) is 1.95. The van der Waals surface area contributed by atoms with E-state index in [2.05, 4.69) is 34.7 Å². The third-order valence-corrected chi connectivity index (χ3v) is 3.32. The summed E-state index contributed by atoms with van der Waals surface area (Å²) in [4.78, 5) is 4.19. The molecule has 0 radical (unpaired) electrons. The Morgan fingerprint density at radius 2 is 1.62 bits per heavy atom. The monoisotopic (exact) mass is 337 g/mol. The van der Waals surface area contributed by atoms with E-state index in [0.29, 0.717) is 19.8 Å². The Morgan fingerprint density at radius 3 is 2.25 bits per heavy atom. The molecule has 0 saturated carbocycles. The van der Waals surface area contributed by atoms with Crippen LogP contribution < -0.4 is 15.4 Å². The second-order valence-electron chi connectivity index (χ2n) is 5.40. The van der Waals surface area contributed by atoms with Gasteiger partial charge < -0.3 is 24.8 Å². The van der Waals surface area contributed by atoms with E-state index in [-0.39, 0.29) is 0 Å². The van der Waals surface area contributed by atoms with Crippen molar-refractivity contribution in [1.29, 1.82) is 0 Å². The summed E-state index contributed by atoms with van der Waals surface area (Å²) in [6, 6.07) is 8.10. The van der Waals surface area contributed by atoms with Gasteiger partial charge in [0.15, 0.2) is 5.96 Å². The molecule has 0 amide bonds. The zero-order chi connectivity index (χ0) is 17.5. The maximum absolute atomic E-state index is 5.69. The van der Waals surface area contributed by atoms with Gasteiger partial charge in [0.2, 0.25) is 0 Å². The molecular weight excluding hydrogens is 306 g/mol. The maximum atomic E-state index is 5.69. The Bertz CT molecular complexity index is 449. The van der Waals surface area contributed by atoms with Crippen molar-refractivity contribution in [1.82, 2.24) is 10.6 Å². The molecule has 6 heteroatoms. The summed E-state index contributed by atoms with van der Waals surface area (Å²) in [5.41, 5.74) is 1.24. The topological polar surface area (TPSA) is 64.1 Å². The zero-order valence-corrected chi connectivity index (χ0v) is 15.1. The molecule has 24 heavy (non-hydrogen) atoms. The highest BCUT2D eigenvalue weighted by Gasteiger charge is 1.98. The van der Waals surface area contributed by atoms with Crippen LogP contribution in [0.1, 0.15) is 18.4 Å². The van der Waals surface area contributed by atoms with E-state index in [1.54, 1.807) is 14.2 Å². The molecule has 6 nitrogen and oxygen atoms in total. The van der Waals surface area contributed by atoms with E-state index in [4.69, 9.17) is 14.2 Å². The molecule has 0 heterocycles. The number of aliphatic imine (C=N–C) groups is 1. The Morgan fingerprint density at radius 1 is 0.958 bits per heavy atom. The number of nitrogens with zero attached hydrogens (tertiary/aromatic N) is 1. The Labute approximate surface area is 145 Å². The predicted molar refractivity (Wildman–Crippen MR) is 98.0 cm³/mol. The zero-order valence-electron chi connectivity index (χ0n) is 15.1. The molecule has 0 bridgehead atoms. The summed E-state index contributed by atoms with van der Waals surface area (Å²) in [5, 5.41) is 6.54. The summed E-state index contributed by atoms with van der Waals surface area (Å²) in [5.74, 6) is 1.72. The van der Waals surface area contributed by atoms with Crippen LogP contribution >= 0.6 is 0 Å². The van der Waals surface area contributed by atoms with Crippen LogP contribution in [-0.2, 0) is 9.47 Å². The van der Waals surface area contributed by atoms with E-state index in [9.17, 15) is 0 Å². The molecule has 0 saturated heterocycles. The van der Waals surface area contributed by atoms with Crippen LogP contribution in [0.15, 0.2) is 29.3 Å². The SMILES string of the molecule is CN=C(NCCCOCCOC)NCCCOc1ccc(C)cc1. The fourth-order valence-electron chi connectivity index (χ4n) is 1.95. The number of hydrogen-bond donors (Lipinski definition) is 2. The van der Waals surface area contributed by atoms with Crippen LogP contribution in [0, 0.1) is 6.92 Å². The van der Waals surface area contributed by atoms with Crippen LogP contribution in [0.5, 0.6) is 5.75 Å². The molecule has 0 fully saturated rings. The molecular formula is C18H31N3O3. The lowest BCUT2D eigenvalue weighted by atomic mass is 10.2. The van der Waals surface area contributed by atoms with Gasteiger partial charge in [0.25, 0.3) is 0 Å². The number of aryl methyl sites for hydroxylation is 1. The van der Waals surface area contributed by atoms with Gasteiger partial charge in [-0.3, -0.25) is 4.99 Å². The highest BCUT2D eigenvalue weighted by molar-refractivity contribution is 5.79.